The number of rotatable bonds is 7. The van der Waals surface area contributed by atoms with E-state index in [1.807, 2.05) is 0 Å². The summed E-state index contributed by atoms with van der Waals surface area (Å²) in [5, 5.41) is 19.0. The van der Waals surface area contributed by atoms with E-state index in [1.54, 1.807) is 29.2 Å². The summed E-state index contributed by atoms with van der Waals surface area (Å²) in [4.78, 5) is 32.6. The Kier molecular flexibility index (Phi) is 8.18. The van der Waals surface area contributed by atoms with Crippen LogP contribution in [-0.4, -0.2) is 83.6 Å². The zero-order valence-electron chi connectivity index (χ0n) is 21.1. The van der Waals surface area contributed by atoms with Crippen LogP contribution in [0.1, 0.15) is 16.4 Å². The van der Waals surface area contributed by atoms with Crippen molar-refractivity contribution in [3.63, 3.8) is 0 Å². The molecule has 4 aromatic rings. The molecule has 2 aromatic heterocycles. The van der Waals surface area contributed by atoms with Crippen LogP contribution < -0.4 is 5.69 Å². The Morgan fingerprint density at radius 3 is 2.39 bits per heavy atom. The Balaban J connectivity index is 1.56. The van der Waals surface area contributed by atoms with Crippen LogP contribution in [0.4, 0.5) is 13.2 Å². The van der Waals surface area contributed by atoms with Crippen molar-refractivity contribution in [2.45, 2.75) is 25.4 Å². The van der Waals surface area contributed by atoms with E-state index >= 15 is 0 Å². The highest BCUT2D eigenvalue weighted by Gasteiger charge is 2.39. The molecule has 41 heavy (non-hydrogen) atoms. The van der Waals surface area contributed by atoms with Gasteiger partial charge in [0, 0.05) is 23.7 Å². The third-order valence-corrected chi connectivity index (χ3v) is 6.84. The summed E-state index contributed by atoms with van der Waals surface area (Å²) in [5.74, 6) is -0.676. The predicted molar refractivity (Wildman–Crippen MR) is 141 cm³/mol. The van der Waals surface area contributed by atoms with Gasteiger partial charge in [-0.15, -0.1) is 10.2 Å². The van der Waals surface area contributed by atoms with Gasteiger partial charge >= 0.3 is 11.9 Å². The van der Waals surface area contributed by atoms with Crippen LogP contribution in [-0.2, 0) is 17.8 Å². The monoisotopic (exact) mass is 611 g/mol. The van der Waals surface area contributed by atoms with Gasteiger partial charge in [0.2, 0.25) is 5.82 Å². The molecule has 2 aromatic carbocycles. The van der Waals surface area contributed by atoms with E-state index in [1.165, 1.54) is 28.9 Å². The Hall–Kier alpha value is -3.72. The third-order valence-electron chi connectivity index (χ3n) is 6.27. The Bertz CT molecular complexity index is 1610. The van der Waals surface area contributed by atoms with Crippen molar-refractivity contribution in [1.29, 1.82) is 0 Å². The third kappa shape index (κ3) is 6.15. The Labute approximate surface area is 240 Å². The fourth-order valence-corrected chi connectivity index (χ4v) is 4.53. The highest BCUT2D eigenvalue weighted by atomic mass is 35.5. The number of alkyl halides is 3. The summed E-state index contributed by atoms with van der Waals surface area (Å²) in [6.07, 6.45) is -7.79. The van der Waals surface area contributed by atoms with E-state index in [2.05, 4.69) is 15.2 Å². The van der Waals surface area contributed by atoms with E-state index in [0.29, 0.717) is 41.6 Å². The number of ether oxygens (including phenoxy) is 1. The molecule has 0 saturated carbocycles. The molecule has 1 aliphatic heterocycles. The van der Waals surface area contributed by atoms with Crippen LogP contribution in [0.25, 0.3) is 17.1 Å². The zero-order chi connectivity index (χ0) is 29.3. The van der Waals surface area contributed by atoms with Crippen molar-refractivity contribution in [2.24, 2.45) is 0 Å². The molecule has 0 spiro atoms. The van der Waals surface area contributed by atoms with Crippen LogP contribution in [0.15, 0.2) is 53.3 Å². The molecule has 1 aliphatic rings. The van der Waals surface area contributed by atoms with Crippen LogP contribution >= 0.6 is 23.2 Å². The number of hydrogen-bond acceptors (Lipinski definition) is 7. The molecule has 1 saturated heterocycles. The smallest absolute Gasteiger partial charge is 0.382 e. The number of aromatic nitrogens is 6. The number of nitrogens with zero attached hydrogens (tertiary/aromatic N) is 7. The largest absolute Gasteiger partial charge is 0.416 e. The number of aliphatic hydroxyl groups is 1. The maximum absolute atomic E-state index is 13.4. The lowest BCUT2D eigenvalue weighted by Crippen LogP contribution is -2.41. The molecular weight excluding hydrogens is 590 g/mol. The zero-order valence-corrected chi connectivity index (χ0v) is 22.6. The molecule has 16 heteroatoms. The van der Waals surface area contributed by atoms with Crippen LogP contribution in [0, 0.1) is 0 Å². The maximum atomic E-state index is 13.4. The molecule has 5 rings (SSSR count). The van der Waals surface area contributed by atoms with Crippen molar-refractivity contribution in [3.8, 4) is 17.1 Å². The van der Waals surface area contributed by atoms with E-state index in [0.717, 1.165) is 4.68 Å². The summed E-state index contributed by atoms with van der Waals surface area (Å²) < 4.78 is 47.7. The molecule has 1 unspecified atom stereocenters. The topological polar surface area (TPSA) is 120 Å². The predicted octanol–water partition coefficient (Wildman–Crippen LogP) is 3.04. The summed E-state index contributed by atoms with van der Waals surface area (Å²) in [6, 6.07) is 12.6. The highest BCUT2D eigenvalue weighted by Crippen LogP contribution is 2.25. The number of benzene rings is 2. The molecule has 1 fully saturated rings. The van der Waals surface area contributed by atoms with Gasteiger partial charge in [0.05, 0.1) is 30.5 Å². The van der Waals surface area contributed by atoms with Gasteiger partial charge in [-0.3, -0.25) is 9.36 Å². The molecule has 0 bridgehead atoms. The normalized spacial score (nSPS) is 14.8. The average Bonchev–Trinajstić information content (AvgIpc) is 3.50. The molecule has 216 valence electrons. The lowest BCUT2D eigenvalue weighted by molar-refractivity contribution is -0.207. The van der Waals surface area contributed by atoms with Gasteiger partial charge in [-0.1, -0.05) is 35.3 Å². The minimum absolute atomic E-state index is 0.0210. The van der Waals surface area contributed by atoms with E-state index in [9.17, 15) is 27.9 Å². The van der Waals surface area contributed by atoms with Crippen molar-refractivity contribution in [2.75, 3.05) is 26.3 Å². The van der Waals surface area contributed by atoms with Gasteiger partial charge in [0.25, 0.3) is 5.91 Å². The first-order chi connectivity index (χ1) is 19.5. The number of morpholine rings is 1. The molecule has 1 atom stereocenters. The summed E-state index contributed by atoms with van der Waals surface area (Å²) in [5.41, 5.74) is -0.302. The van der Waals surface area contributed by atoms with E-state index < -0.39 is 37.0 Å². The van der Waals surface area contributed by atoms with Crippen molar-refractivity contribution >= 4 is 29.1 Å². The van der Waals surface area contributed by atoms with Crippen LogP contribution in [0.2, 0.25) is 10.0 Å². The molecular formula is C25H22Cl2F3N7O4. The summed E-state index contributed by atoms with van der Waals surface area (Å²) in [6.45, 7) is -0.122. The number of amides is 1. The van der Waals surface area contributed by atoms with E-state index in [-0.39, 0.29) is 28.1 Å². The van der Waals surface area contributed by atoms with Gasteiger partial charge in [-0.25, -0.2) is 19.1 Å². The maximum Gasteiger partial charge on any atom is 0.416 e. The molecule has 11 nitrogen and oxygen atoms in total. The first-order valence-electron chi connectivity index (χ1n) is 12.3. The summed E-state index contributed by atoms with van der Waals surface area (Å²) in [7, 11) is 0. The average molecular weight is 612 g/mol. The fraction of sp³-hybridized carbons (Fsp3) is 0.320. The Morgan fingerprint density at radius 2 is 1.73 bits per heavy atom. The second-order valence-corrected chi connectivity index (χ2v) is 9.90. The lowest BCUT2D eigenvalue weighted by Gasteiger charge is -2.26. The first kappa shape index (κ1) is 28.8. The van der Waals surface area contributed by atoms with Gasteiger partial charge in [-0.2, -0.15) is 13.2 Å². The second kappa shape index (κ2) is 11.6. The number of hydrogen-bond donors (Lipinski definition) is 1. The fourth-order valence-electron chi connectivity index (χ4n) is 4.19. The second-order valence-electron chi connectivity index (χ2n) is 9.06. The Morgan fingerprint density at radius 1 is 1.05 bits per heavy atom. The number of para-hydroxylation sites is 1. The van der Waals surface area contributed by atoms with Gasteiger partial charge < -0.3 is 14.7 Å². The first-order valence-corrected chi connectivity index (χ1v) is 13.0. The van der Waals surface area contributed by atoms with Crippen molar-refractivity contribution < 1.29 is 27.8 Å². The van der Waals surface area contributed by atoms with Crippen molar-refractivity contribution in [3.05, 3.63) is 80.7 Å². The SMILES string of the molecule is O=C(c1nc(Cn2nc(-c3ccc(Cl)cc3)n(CC(O)C(F)(F)F)c2=O)nn1-c1ccccc1Cl)N1CCOCC1. The molecule has 3 heterocycles. The van der Waals surface area contributed by atoms with Gasteiger partial charge in [0.15, 0.2) is 17.8 Å². The minimum Gasteiger partial charge on any atom is -0.382 e. The highest BCUT2D eigenvalue weighted by molar-refractivity contribution is 6.32. The summed E-state index contributed by atoms with van der Waals surface area (Å²) >= 11 is 12.3. The molecule has 0 radical (unpaired) electrons. The lowest BCUT2D eigenvalue weighted by atomic mass is 10.2. The van der Waals surface area contributed by atoms with Gasteiger partial charge in [-0.05, 0) is 36.4 Å². The number of aliphatic hydroxyl groups excluding tert-OH is 1. The molecule has 1 N–H and O–H groups in total. The van der Waals surface area contributed by atoms with Crippen LogP contribution in [0.5, 0.6) is 0 Å². The minimum atomic E-state index is -4.97. The number of halogens is 5. The van der Waals surface area contributed by atoms with Crippen molar-refractivity contribution in [1.82, 2.24) is 34.0 Å². The molecule has 0 aliphatic carbocycles. The molecule has 1 amide bonds. The van der Waals surface area contributed by atoms with Crippen LogP contribution in [0.3, 0.4) is 0 Å². The quantitative estimate of drug-likeness (QED) is 0.341. The number of carbonyl (C=O) groups excluding carboxylic acids is 1. The standard InChI is InChI=1S/C25H22Cl2F3N7O4/c26-16-7-5-15(6-8-16)21-33-36(24(40)35(21)13-19(38)25(28,29)30)14-20-31-22(23(39)34-9-11-41-12-10-34)37(32-20)18-4-2-1-3-17(18)27/h1-8,19,38H,9-14H2. The number of carbonyl (C=O) groups is 1. The van der Waals surface area contributed by atoms with E-state index in [4.69, 9.17) is 27.9 Å². The van der Waals surface area contributed by atoms with Gasteiger partial charge in [0.1, 0.15) is 6.54 Å².